The van der Waals surface area contributed by atoms with Gasteiger partial charge in [-0.2, -0.15) is 0 Å². The predicted octanol–water partition coefficient (Wildman–Crippen LogP) is 3.43. The fourth-order valence-corrected chi connectivity index (χ4v) is 5.01. The lowest BCUT2D eigenvalue weighted by molar-refractivity contribution is -0.122. The topological polar surface area (TPSA) is 84.9 Å². The van der Waals surface area contributed by atoms with E-state index in [4.69, 9.17) is 9.47 Å². The number of sulfonamides is 1. The molecular weight excluding hydrogens is 416 g/mol. The molecule has 160 valence electrons. The van der Waals surface area contributed by atoms with Crippen LogP contribution in [0.4, 0.5) is 11.4 Å². The molecule has 0 fully saturated rings. The molecule has 1 N–H and O–H groups in total. The zero-order chi connectivity index (χ0) is 21.8. The Kier molecular flexibility index (Phi) is 5.81. The molecule has 0 saturated carbocycles. The number of nitrogens with zero attached hydrogens (tertiary/aromatic N) is 1. The molecule has 1 heterocycles. The van der Waals surface area contributed by atoms with Gasteiger partial charge in [-0.3, -0.25) is 9.10 Å². The molecule has 1 aliphatic heterocycles. The predicted molar refractivity (Wildman–Crippen MR) is 119 cm³/mol. The van der Waals surface area contributed by atoms with Gasteiger partial charge < -0.3 is 14.8 Å². The Bertz CT molecular complexity index is 1180. The van der Waals surface area contributed by atoms with Crippen molar-refractivity contribution >= 4 is 27.3 Å². The van der Waals surface area contributed by atoms with Crippen LogP contribution in [0, 0.1) is 0 Å². The fourth-order valence-electron chi connectivity index (χ4n) is 3.43. The van der Waals surface area contributed by atoms with Crippen LogP contribution in [-0.4, -0.2) is 34.1 Å². The summed E-state index contributed by atoms with van der Waals surface area (Å²) in [5.41, 5.74) is 1.57. The van der Waals surface area contributed by atoms with Crippen molar-refractivity contribution in [1.29, 1.82) is 0 Å². The van der Waals surface area contributed by atoms with Gasteiger partial charge in [0, 0.05) is 0 Å². The molecule has 0 aromatic heterocycles. The summed E-state index contributed by atoms with van der Waals surface area (Å²) in [6, 6.07) is 22.7. The van der Waals surface area contributed by atoms with E-state index in [1.165, 1.54) is 11.4 Å². The Morgan fingerprint density at radius 1 is 1.03 bits per heavy atom. The molecule has 0 aliphatic carbocycles. The zero-order valence-corrected chi connectivity index (χ0v) is 17.7. The van der Waals surface area contributed by atoms with Crippen molar-refractivity contribution in [3.05, 3.63) is 84.4 Å². The van der Waals surface area contributed by atoms with Gasteiger partial charge in [-0.15, -0.1) is 0 Å². The molecule has 0 radical (unpaired) electrons. The standard InChI is InChI=1S/C23H22N2O5S/c1-29-20-13-7-5-11-18(20)24-23(26)22-15-25(19-12-6-8-14-21(19)30-22)31(27,28)16-17-9-3-2-4-10-17/h2-14,22H,15-16H2,1H3,(H,24,26). The molecule has 0 saturated heterocycles. The van der Waals surface area contributed by atoms with Gasteiger partial charge >= 0.3 is 0 Å². The van der Waals surface area contributed by atoms with E-state index in [1.54, 1.807) is 72.8 Å². The quantitative estimate of drug-likeness (QED) is 0.637. The Morgan fingerprint density at radius 3 is 2.48 bits per heavy atom. The number of nitrogens with one attached hydrogen (secondary N) is 1. The smallest absolute Gasteiger partial charge is 0.267 e. The van der Waals surface area contributed by atoms with Crippen LogP contribution < -0.4 is 19.1 Å². The first-order chi connectivity index (χ1) is 15.0. The summed E-state index contributed by atoms with van der Waals surface area (Å²) >= 11 is 0. The number of ether oxygens (including phenoxy) is 2. The van der Waals surface area contributed by atoms with Gasteiger partial charge in [0.15, 0.2) is 6.10 Å². The minimum absolute atomic E-state index is 0.132. The minimum atomic E-state index is -3.75. The van der Waals surface area contributed by atoms with Crippen molar-refractivity contribution in [2.75, 3.05) is 23.3 Å². The number of carbonyl (C=O) groups excluding carboxylic acids is 1. The number of methoxy groups -OCH3 is 1. The van der Waals surface area contributed by atoms with Gasteiger partial charge in [0.1, 0.15) is 11.5 Å². The summed E-state index contributed by atoms with van der Waals surface area (Å²) in [6.07, 6.45) is -1.02. The first-order valence-electron chi connectivity index (χ1n) is 9.72. The number of rotatable bonds is 6. The van der Waals surface area contributed by atoms with Crippen LogP contribution >= 0.6 is 0 Å². The molecule has 4 rings (SSSR count). The number of hydrogen-bond donors (Lipinski definition) is 1. The van der Waals surface area contributed by atoms with Crippen molar-refractivity contribution in [2.45, 2.75) is 11.9 Å². The second-order valence-electron chi connectivity index (χ2n) is 7.04. The number of carbonyl (C=O) groups is 1. The van der Waals surface area contributed by atoms with E-state index < -0.39 is 22.0 Å². The summed E-state index contributed by atoms with van der Waals surface area (Å²) in [5, 5.41) is 2.77. The van der Waals surface area contributed by atoms with Crippen LogP contribution in [-0.2, 0) is 20.6 Å². The van der Waals surface area contributed by atoms with Gasteiger partial charge in [-0.25, -0.2) is 8.42 Å². The molecule has 0 bridgehead atoms. The maximum atomic E-state index is 13.3. The van der Waals surface area contributed by atoms with Crippen LogP contribution in [0.25, 0.3) is 0 Å². The van der Waals surface area contributed by atoms with Crippen molar-refractivity contribution in [1.82, 2.24) is 0 Å². The molecule has 0 spiro atoms. The van der Waals surface area contributed by atoms with Gasteiger partial charge in [0.05, 0.1) is 30.8 Å². The largest absolute Gasteiger partial charge is 0.495 e. The van der Waals surface area contributed by atoms with E-state index in [0.717, 1.165) is 0 Å². The summed E-state index contributed by atoms with van der Waals surface area (Å²) < 4.78 is 38.9. The highest BCUT2D eigenvalue weighted by Crippen LogP contribution is 2.36. The molecule has 3 aromatic carbocycles. The van der Waals surface area contributed by atoms with Crippen molar-refractivity contribution in [2.24, 2.45) is 0 Å². The Hall–Kier alpha value is -3.52. The maximum Gasteiger partial charge on any atom is 0.267 e. The van der Waals surface area contributed by atoms with E-state index in [2.05, 4.69) is 5.32 Å². The van der Waals surface area contributed by atoms with Gasteiger partial charge in [0.2, 0.25) is 10.0 Å². The van der Waals surface area contributed by atoms with E-state index in [0.29, 0.717) is 28.4 Å². The highest BCUT2D eigenvalue weighted by Gasteiger charge is 2.36. The zero-order valence-electron chi connectivity index (χ0n) is 16.9. The number of para-hydroxylation sites is 4. The fraction of sp³-hybridized carbons (Fsp3) is 0.174. The minimum Gasteiger partial charge on any atom is -0.495 e. The second kappa shape index (κ2) is 8.69. The average molecular weight is 439 g/mol. The molecule has 7 nitrogen and oxygen atoms in total. The first-order valence-corrected chi connectivity index (χ1v) is 11.3. The van der Waals surface area contributed by atoms with E-state index in [1.807, 2.05) is 6.07 Å². The van der Waals surface area contributed by atoms with Gasteiger partial charge in [0.25, 0.3) is 5.91 Å². The number of benzene rings is 3. The monoisotopic (exact) mass is 438 g/mol. The number of hydrogen-bond acceptors (Lipinski definition) is 5. The number of fused-ring (bicyclic) bond motifs is 1. The molecule has 3 aromatic rings. The van der Waals surface area contributed by atoms with Crippen molar-refractivity contribution < 1.29 is 22.7 Å². The number of anilines is 2. The lowest BCUT2D eigenvalue weighted by atomic mass is 10.2. The van der Waals surface area contributed by atoms with Crippen molar-refractivity contribution in [3.8, 4) is 11.5 Å². The average Bonchev–Trinajstić information content (AvgIpc) is 2.79. The Morgan fingerprint density at radius 2 is 1.71 bits per heavy atom. The third kappa shape index (κ3) is 4.49. The third-order valence-electron chi connectivity index (χ3n) is 4.92. The lowest BCUT2D eigenvalue weighted by Crippen LogP contribution is -2.49. The molecule has 1 aliphatic rings. The summed E-state index contributed by atoms with van der Waals surface area (Å²) in [7, 11) is -2.24. The maximum absolute atomic E-state index is 13.3. The normalized spacial score (nSPS) is 15.5. The SMILES string of the molecule is COc1ccccc1NC(=O)C1CN(S(=O)(=O)Cc2ccccc2)c2ccccc2O1. The molecule has 8 heteroatoms. The van der Waals surface area contributed by atoms with Gasteiger partial charge in [-0.05, 0) is 29.8 Å². The molecular formula is C23H22N2O5S. The Balaban J connectivity index is 1.62. The van der Waals surface area contributed by atoms with Crippen LogP contribution in [0.3, 0.4) is 0 Å². The highest BCUT2D eigenvalue weighted by molar-refractivity contribution is 7.92. The first kappa shape index (κ1) is 20.7. The van der Waals surface area contributed by atoms with E-state index in [9.17, 15) is 13.2 Å². The lowest BCUT2D eigenvalue weighted by Gasteiger charge is -2.34. The molecule has 31 heavy (non-hydrogen) atoms. The molecule has 1 unspecified atom stereocenters. The van der Waals surface area contributed by atoms with Gasteiger partial charge in [-0.1, -0.05) is 54.6 Å². The summed E-state index contributed by atoms with van der Waals surface area (Å²) in [6.45, 7) is -0.132. The van der Waals surface area contributed by atoms with Crippen molar-refractivity contribution in [3.63, 3.8) is 0 Å². The summed E-state index contributed by atoms with van der Waals surface area (Å²) in [4.78, 5) is 13.0. The Labute approximate surface area is 181 Å². The van der Waals surface area contributed by atoms with E-state index in [-0.39, 0.29) is 12.3 Å². The van der Waals surface area contributed by atoms with Crippen LogP contribution in [0.15, 0.2) is 78.9 Å². The number of amides is 1. The molecule has 1 atom stereocenters. The molecule has 1 amide bonds. The van der Waals surface area contributed by atoms with E-state index >= 15 is 0 Å². The van der Waals surface area contributed by atoms with Crippen LogP contribution in [0.2, 0.25) is 0 Å². The van der Waals surface area contributed by atoms with Crippen LogP contribution in [0.5, 0.6) is 11.5 Å². The van der Waals surface area contributed by atoms with Crippen LogP contribution in [0.1, 0.15) is 5.56 Å². The third-order valence-corrected chi connectivity index (χ3v) is 6.64. The summed E-state index contributed by atoms with van der Waals surface area (Å²) in [5.74, 6) is 0.202. The second-order valence-corrected chi connectivity index (χ2v) is 8.93. The highest BCUT2D eigenvalue weighted by atomic mass is 32.2.